The van der Waals surface area contributed by atoms with E-state index in [2.05, 4.69) is 15.6 Å². The largest absolute Gasteiger partial charge is 0.444 e. The molecule has 1 aliphatic rings. The lowest BCUT2D eigenvalue weighted by molar-refractivity contribution is -0.184. The van der Waals surface area contributed by atoms with E-state index >= 15 is 0 Å². The second-order valence-corrected chi connectivity index (χ2v) is 8.35. The molecule has 1 aliphatic heterocycles. The monoisotopic (exact) mass is 427 g/mol. The van der Waals surface area contributed by atoms with Crippen LogP contribution in [0.3, 0.4) is 0 Å². The van der Waals surface area contributed by atoms with Gasteiger partial charge in [0.25, 0.3) is 5.91 Å². The smallest absolute Gasteiger partial charge is 0.408 e. The molecule has 1 aromatic heterocycles. The van der Waals surface area contributed by atoms with Crippen LogP contribution in [0.1, 0.15) is 44.0 Å². The van der Waals surface area contributed by atoms with Gasteiger partial charge in [-0.15, -0.1) is 5.10 Å². The summed E-state index contributed by atoms with van der Waals surface area (Å²) in [5.74, 6) is -0.777. The number of hydrogen-bond donors (Lipinski definition) is 1. The van der Waals surface area contributed by atoms with E-state index in [1.807, 2.05) is 0 Å². The summed E-state index contributed by atoms with van der Waals surface area (Å²) in [7, 11) is 1.67. The van der Waals surface area contributed by atoms with Gasteiger partial charge in [0.15, 0.2) is 0 Å². The molecule has 1 N–H and O–H groups in total. The van der Waals surface area contributed by atoms with Crippen LogP contribution in [-0.4, -0.2) is 62.3 Å². The molecule has 2 amide bonds. The number of likely N-dealkylation sites (tertiary alicyclic amines) is 1. The lowest BCUT2D eigenvalue weighted by Gasteiger charge is -2.40. The number of alkyl carbamates (subject to hydrolysis) is 1. The highest BCUT2D eigenvalue weighted by molar-refractivity contribution is 5.97. The zero-order valence-corrected chi connectivity index (χ0v) is 17.2. The normalized spacial score (nSPS) is 20.3. The second kappa shape index (κ2) is 7.77. The molecule has 0 aliphatic carbocycles. The molecule has 11 heteroatoms. The Kier molecular flexibility index (Phi) is 5.66. The van der Waals surface area contributed by atoms with Gasteiger partial charge in [0, 0.05) is 25.2 Å². The van der Waals surface area contributed by atoms with E-state index in [0.717, 1.165) is 4.90 Å². The van der Waals surface area contributed by atoms with E-state index < -0.39 is 35.9 Å². The summed E-state index contributed by atoms with van der Waals surface area (Å²) < 4.78 is 47.5. The SMILES string of the molecule is Cn1nnc2cc(C(=O)N3CC(NC(=O)OC(C)(C)C)CCC3C(F)(F)F)ccc21. The molecule has 0 saturated carbocycles. The minimum absolute atomic E-state index is 0.0789. The first-order valence-corrected chi connectivity index (χ1v) is 9.52. The maximum absolute atomic E-state index is 13.6. The number of fused-ring (bicyclic) bond motifs is 1. The van der Waals surface area contributed by atoms with E-state index in [1.54, 1.807) is 33.9 Å². The van der Waals surface area contributed by atoms with Gasteiger partial charge in [-0.1, -0.05) is 5.21 Å². The summed E-state index contributed by atoms with van der Waals surface area (Å²) >= 11 is 0. The molecule has 0 spiro atoms. The maximum Gasteiger partial charge on any atom is 0.408 e. The van der Waals surface area contributed by atoms with Crippen molar-refractivity contribution >= 4 is 23.0 Å². The molecule has 8 nitrogen and oxygen atoms in total. The number of carbonyl (C=O) groups excluding carboxylic acids is 2. The number of piperidine rings is 1. The predicted molar refractivity (Wildman–Crippen MR) is 102 cm³/mol. The molecule has 1 aromatic carbocycles. The third-order valence-corrected chi connectivity index (χ3v) is 4.80. The summed E-state index contributed by atoms with van der Waals surface area (Å²) in [6, 6.07) is 1.88. The summed E-state index contributed by atoms with van der Waals surface area (Å²) in [5.41, 5.74) is 0.402. The third-order valence-electron chi connectivity index (χ3n) is 4.80. The molecule has 2 aromatic rings. The maximum atomic E-state index is 13.6. The highest BCUT2D eigenvalue weighted by Crippen LogP contribution is 2.33. The Morgan fingerprint density at radius 1 is 1.20 bits per heavy atom. The van der Waals surface area contributed by atoms with Gasteiger partial charge in [0.05, 0.1) is 5.52 Å². The Morgan fingerprint density at radius 2 is 1.90 bits per heavy atom. The zero-order chi connectivity index (χ0) is 22.3. The average Bonchev–Trinajstić information content (AvgIpc) is 2.99. The van der Waals surface area contributed by atoms with Crippen LogP contribution in [0, 0.1) is 0 Å². The molecule has 3 rings (SSSR count). The van der Waals surface area contributed by atoms with Gasteiger partial charge in [-0.25, -0.2) is 9.48 Å². The fraction of sp³-hybridized carbons (Fsp3) is 0.579. The van der Waals surface area contributed by atoms with Crippen molar-refractivity contribution < 1.29 is 27.5 Å². The van der Waals surface area contributed by atoms with Crippen LogP contribution in [0.4, 0.5) is 18.0 Å². The van der Waals surface area contributed by atoms with Crippen LogP contribution in [0.15, 0.2) is 18.2 Å². The molecule has 30 heavy (non-hydrogen) atoms. The minimum Gasteiger partial charge on any atom is -0.444 e. The molecule has 164 valence electrons. The fourth-order valence-corrected chi connectivity index (χ4v) is 3.47. The van der Waals surface area contributed by atoms with Crippen LogP contribution < -0.4 is 5.32 Å². The molecular formula is C19H24F3N5O3. The molecule has 0 radical (unpaired) electrons. The van der Waals surface area contributed by atoms with Crippen molar-refractivity contribution in [3.8, 4) is 0 Å². The van der Waals surface area contributed by atoms with E-state index in [-0.39, 0.29) is 24.9 Å². The van der Waals surface area contributed by atoms with Gasteiger partial charge in [-0.2, -0.15) is 13.2 Å². The first-order valence-electron chi connectivity index (χ1n) is 9.52. The summed E-state index contributed by atoms with van der Waals surface area (Å²) in [6.07, 6.45) is -5.55. The predicted octanol–water partition coefficient (Wildman–Crippen LogP) is 3.03. The van der Waals surface area contributed by atoms with Crippen molar-refractivity contribution in [2.75, 3.05) is 6.54 Å². The minimum atomic E-state index is -4.58. The summed E-state index contributed by atoms with van der Waals surface area (Å²) in [6.45, 7) is 4.78. The number of ether oxygens (including phenoxy) is 1. The molecule has 2 atom stereocenters. The van der Waals surface area contributed by atoms with Crippen molar-refractivity contribution in [3.05, 3.63) is 23.8 Å². The number of halogens is 3. The number of alkyl halides is 3. The molecular weight excluding hydrogens is 403 g/mol. The van der Waals surface area contributed by atoms with Crippen molar-refractivity contribution in [2.24, 2.45) is 7.05 Å². The van der Waals surface area contributed by atoms with Gasteiger partial charge < -0.3 is 15.0 Å². The van der Waals surface area contributed by atoms with Crippen LogP contribution in [0.2, 0.25) is 0 Å². The lowest BCUT2D eigenvalue weighted by Crippen LogP contribution is -2.58. The number of nitrogens with zero attached hydrogens (tertiary/aromatic N) is 4. The van der Waals surface area contributed by atoms with Gasteiger partial charge >= 0.3 is 12.3 Å². The summed E-state index contributed by atoms with van der Waals surface area (Å²) in [5, 5.41) is 10.3. The van der Waals surface area contributed by atoms with E-state index in [4.69, 9.17) is 4.74 Å². The van der Waals surface area contributed by atoms with Gasteiger partial charge in [0.2, 0.25) is 0 Å². The van der Waals surface area contributed by atoms with Crippen molar-refractivity contribution in [3.63, 3.8) is 0 Å². The second-order valence-electron chi connectivity index (χ2n) is 8.35. The topological polar surface area (TPSA) is 89.4 Å². The Hall–Kier alpha value is -2.85. The molecule has 1 saturated heterocycles. The quantitative estimate of drug-likeness (QED) is 0.796. The van der Waals surface area contributed by atoms with Gasteiger partial charge in [0.1, 0.15) is 17.2 Å². The fourth-order valence-electron chi connectivity index (χ4n) is 3.47. The zero-order valence-electron chi connectivity index (χ0n) is 17.2. The van der Waals surface area contributed by atoms with Crippen LogP contribution >= 0.6 is 0 Å². The van der Waals surface area contributed by atoms with Crippen molar-refractivity contribution in [1.29, 1.82) is 0 Å². The van der Waals surface area contributed by atoms with Crippen LogP contribution in [-0.2, 0) is 11.8 Å². The summed E-state index contributed by atoms with van der Waals surface area (Å²) in [4.78, 5) is 25.8. The number of hydrogen-bond acceptors (Lipinski definition) is 5. The number of aromatic nitrogens is 3. The van der Waals surface area contributed by atoms with E-state index in [9.17, 15) is 22.8 Å². The van der Waals surface area contributed by atoms with Gasteiger partial charge in [-0.05, 0) is 51.8 Å². The highest BCUT2D eigenvalue weighted by atomic mass is 19.4. The molecule has 0 bridgehead atoms. The lowest BCUT2D eigenvalue weighted by atomic mass is 9.96. The van der Waals surface area contributed by atoms with E-state index in [1.165, 1.54) is 16.8 Å². The van der Waals surface area contributed by atoms with Gasteiger partial charge in [-0.3, -0.25) is 4.79 Å². The highest BCUT2D eigenvalue weighted by Gasteiger charge is 2.48. The molecule has 2 unspecified atom stereocenters. The number of rotatable bonds is 2. The van der Waals surface area contributed by atoms with Crippen LogP contribution in [0.5, 0.6) is 0 Å². The Morgan fingerprint density at radius 3 is 2.53 bits per heavy atom. The number of benzene rings is 1. The Bertz CT molecular complexity index is 951. The first-order chi connectivity index (χ1) is 13.8. The standard InChI is InChI=1S/C19H24F3N5O3/c1-18(2,3)30-17(29)23-12-6-8-15(19(20,21)22)27(10-12)16(28)11-5-7-14-13(9-11)24-25-26(14)4/h5,7,9,12,15H,6,8,10H2,1-4H3,(H,23,29). The molecule has 2 heterocycles. The van der Waals surface area contributed by atoms with Crippen molar-refractivity contribution in [2.45, 2.75) is 57.5 Å². The Labute approximate surface area is 171 Å². The van der Waals surface area contributed by atoms with Crippen molar-refractivity contribution in [1.82, 2.24) is 25.2 Å². The number of amides is 2. The Balaban J connectivity index is 1.82. The third kappa shape index (κ3) is 4.82. The number of aryl methyl sites for hydroxylation is 1. The number of carbonyl (C=O) groups is 2. The average molecular weight is 427 g/mol. The van der Waals surface area contributed by atoms with Crippen LogP contribution in [0.25, 0.3) is 11.0 Å². The first kappa shape index (κ1) is 21.8. The number of nitrogens with one attached hydrogen (secondary N) is 1. The molecule has 1 fully saturated rings. The van der Waals surface area contributed by atoms with E-state index in [0.29, 0.717) is 11.0 Å².